The Morgan fingerprint density at radius 1 is 0.967 bits per heavy atom. The van der Waals surface area contributed by atoms with Gasteiger partial charge in [0.2, 0.25) is 0 Å². The first-order chi connectivity index (χ1) is 14.3. The van der Waals surface area contributed by atoms with Gasteiger partial charge < -0.3 is 9.64 Å². The fourth-order valence-corrected chi connectivity index (χ4v) is 3.61. The van der Waals surface area contributed by atoms with Crippen LogP contribution in [0.5, 0.6) is 5.75 Å². The van der Waals surface area contributed by atoms with E-state index in [0.29, 0.717) is 12.8 Å². The molecule has 0 aliphatic carbocycles. The summed E-state index contributed by atoms with van der Waals surface area (Å²) in [5.74, 6) is -4.61. The molecule has 0 saturated carbocycles. The van der Waals surface area contributed by atoms with Crippen molar-refractivity contribution in [3.05, 3.63) is 66.4 Å². The second-order valence-electron chi connectivity index (χ2n) is 7.17. The van der Waals surface area contributed by atoms with E-state index >= 15 is 0 Å². The Labute approximate surface area is 170 Å². The molecule has 1 radical (unpaired) electrons. The molecule has 0 atom stereocenters. The normalized spacial score (nSPS) is 16.1. The summed E-state index contributed by atoms with van der Waals surface area (Å²) in [6.07, 6.45) is -2.62. The van der Waals surface area contributed by atoms with Crippen molar-refractivity contribution < 1.29 is 26.7 Å². The number of hydrogen-bond acceptors (Lipinski definition) is 3. The summed E-state index contributed by atoms with van der Waals surface area (Å²) in [5, 5.41) is 1.01. The van der Waals surface area contributed by atoms with Gasteiger partial charge in [-0.1, -0.05) is 6.07 Å². The maximum absolute atomic E-state index is 13.4. The summed E-state index contributed by atoms with van der Waals surface area (Å²) in [4.78, 5) is 6.58. The molecule has 1 fully saturated rings. The number of rotatable bonds is 4. The van der Waals surface area contributed by atoms with Crippen LogP contribution in [-0.4, -0.2) is 30.4 Å². The number of ether oxygens (including phenoxy) is 1. The predicted molar refractivity (Wildman–Crippen MR) is 103 cm³/mol. The fraction of sp³-hybridized carbons (Fsp3) is 0.318. The van der Waals surface area contributed by atoms with Crippen molar-refractivity contribution in [3.63, 3.8) is 0 Å². The highest BCUT2D eigenvalue weighted by Gasteiger charge is 2.58. The first-order valence-electron chi connectivity index (χ1n) is 9.47. The molecule has 157 valence electrons. The van der Waals surface area contributed by atoms with Crippen LogP contribution in [0.3, 0.4) is 0 Å². The molecular weight excluding hydrogens is 403 g/mol. The average Bonchev–Trinajstić information content (AvgIpc) is 2.73. The number of aromatic nitrogens is 1. The number of pyridine rings is 1. The van der Waals surface area contributed by atoms with Crippen molar-refractivity contribution in [1.82, 2.24) is 4.98 Å². The van der Waals surface area contributed by atoms with Gasteiger partial charge in [0.05, 0.1) is 5.52 Å². The lowest BCUT2D eigenvalue weighted by molar-refractivity contribution is -0.289. The number of alkyl halides is 5. The number of halogens is 5. The second kappa shape index (κ2) is 7.74. The average molecular weight is 421 g/mol. The van der Waals surface area contributed by atoms with E-state index in [1.54, 1.807) is 6.20 Å². The zero-order valence-electron chi connectivity index (χ0n) is 15.8. The van der Waals surface area contributed by atoms with Crippen molar-refractivity contribution in [2.45, 2.75) is 31.0 Å². The molecule has 2 heterocycles. The van der Waals surface area contributed by atoms with E-state index in [4.69, 9.17) is 4.74 Å². The molecule has 1 aliphatic rings. The predicted octanol–water partition coefficient (Wildman–Crippen LogP) is 5.74. The highest BCUT2D eigenvalue weighted by Crippen LogP contribution is 2.44. The van der Waals surface area contributed by atoms with Gasteiger partial charge in [-0.05, 0) is 48.5 Å². The van der Waals surface area contributed by atoms with Crippen LogP contribution in [0.4, 0.5) is 27.6 Å². The molecule has 0 N–H and O–H groups in total. The largest absolute Gasteiger partial charge is 0.490 e. The van der Waals surface area contributed by atoms with Crippen LogP contribution in [0, 0.1) is 6.07 Å². The summed E-state index contributed by atoms with van der Waals surface area (Å²) in [6, 6.07) is 14.5. The molecule has 3 aromatic rings. The first-order valence-corrected chi connectivity index (χ1v) is 9.47. The molecule has 4 rings (SSSR count). The summed E-state index contributed by atoms with van der Waals surface area (Å²) < 4.78 is 70.0. The highest BCUT2D eigenvalue weighted by molar-refractivity contribution is 5.91. The number of hydrogen-bond donors (Lipinski definition) is 0. The smallest absolute Gasteiger partial charge is 0.458 e. The van der Waals surface area contributed by atoms with E-state index in [0.717, 1.165) is 53.9 Å². The van der Waals surface area contributed by atoms with Crippen molar-refractivity contribution in [3.8, 4) is 5.75 Å². The minimum atomic E-state index is -5.63. The van der Waals surface area contributed by atoms with E-state index in [2.05, 4.69) is 16.0 Å². The lowest BCUT2D eigenvalue weighted by Gasteiger charge is -2.34. The van der Waals surface area contributed by atoms with Gasteiger partial charge in [0.1, 0.15) is 11.9 Å². The molecule has 1 saturated heterocycles. The minimum absolute atomic E-state index is 0.144. The Kier molecular flexibility index (Phi) is 5.26. The van der Waals surface area contributed by atoms with Crippen LogP contribution in [0.1, 0.15) is 18.4 Å². The topological polar surface area (TPSA) is 25.4 Å². The molecule has 2 aromatic carbocycles. The molecule has 0 spiro atoms. The van der Waals surface area contributed by atoms with Gasteiger partial charge in [-0.25, -0.2) is 0 Å². The minimum Gasteiger partial charge on any atom is -0.490 e. The lowest BCUT2D eigenvalue weighted by atomic mass is 10.0. The summed E-state index contributed by atoms with van der Waals surface area (Å²) in [5.41, 5.74) is 0.855. The standard InChI is InChI=1S/C22H18F5N2O/c23-21(24,22(25,26)27)15-5-7-16(8-6-15)30-17-10-13-29(14-11-17)20-9-12-28-19-4-2-1-3-18(19)20/h2-9,12,17H,10-11,13-14H2. The Balaban J connectivity index is 1.39. The van der Waals surface area contributed by atoms with Gasteiger partial charge in [-0.2, -0.15) is 22.0 Å². The molecular formula is C22H18F5N2O. The van der Waals surface area contributed by atoms with Crippen LogP contribution in [0.2, 0.25) is 0 Å². The number of fused-ring (bicyclic) bond motifs is 1. The van der Waals surface area contributed by atoms with Crippen molar-refractivity contribution in [2.24, 2.45) is 0 Å². The molecule has 0 bridgehead atoms. The molecule has 0 amide bonds. The van der Waals surface area contributed by atoms with E-state index in [1.165, 1.54) is 0 Å². The summed E-state index contributed by atoms with van der Waals surface area (Å²) >= 11 is 0. The maximum atomic E-state index is 13.4. The SMILES string of the molecule is FC(F)(F)C(F)(F)c1ccc(OC2CCN(c3ccnc4cc[c]cc34)CC2)cc1. The van der Waals surface area contributed by atoms with Crippen LogP contribution >= 0.6 is 0 Å². The van der Waals surface area contributed by atoms with Gasteiger partial charge in [0.25, 0.3) is 0 Å². The molecule has 1 aliphatic heterocycles. The van der Waals surface area contributed by atoms with Crippen molar-refractivity contribution >= 4 is 16.6 Å². The third-order valence-electron chi connectivity index (χ3n) is 5.22. The zero-order chi connectivity index (χ0) is 21.4. The lowest BCUT2D eigenvalue weighted by Crippen LogP contribution is -2.38. The van der Waals surface area contributed by atoms with Crippen LogP contribution in [-0.2, 0) is 5.92 Å². The van der Waals surface area contributed by atoms with Gasteiger partial charge in [-0.15, -0.1) is 0 Å². The van der Waals surface area contributed by atoms with Gasteiger partial charge >= 0.3 is 12.1 Å². The number of benzene rings is 2. The molecule has 1 aromatic heterocycles. The Bertz CT molecular complexity index is 1010. The maximum Gasteiger partial charge on any atom is 0.458 e. The van der Waals surface area contributed by atoms with E-state index in [1.807, 2.05) is 24.3 Å². The van der Waals surface area contributed by atoms with E-state index in [-0.39, 0.29) is 11.9 Å². The van der Waals surface area contributed by atoms with Crippen molar-refractivity contribution in [2.75, 3.05) is 18.0 Å². The van der Waals surface area contributed by atoms with Crippen LogP contribution in [0.15, 0.2) is 54.7 Å². The van der Waals surface area contributed by atoms with Gasteiger partial charge in [0.15, 0.2) is 0 Å². The Hall–Kier alpha value is -2.90. The second-order valence-corrected chi connectivity index (χ2v) is 7.17. The number of anilines is 1. The highest BCUT2D eigenvalue weighted by atomic mass is 19.4. The van der Waals surface area contributed by atoms with Gasteiger partial charge in [-0.3, -0.25) is 4.98 Å². The zero-order valence-corrected chi connectivity index (χ0v) is 15.8. The monoisotopic (exact) mass is 421 g/mol. The first kappa shape index (κ1) is 20.4. The number of piperidine rings is 1. The van der Waals surface area contributed by atoms with Crippen LogP contribution < -0.4 is 9.64 Å². The quantitative estimate of drug-likeness (QED) is 0.503. The van der Waals surface area contributed by atoms with Crippen LogP contribution in [0.25, 0.3) is 10.9 Å². The molecule has 30 heavy (non-hydrogen) atoms. The summed E-state index contributed by atoms with van der Waals surface area (Å²) in [6.45, 7) is 1.45. The Morgan fingerprint density at radius 3 is 2.33 bits per heavy atom. The van der Waals surface area contributed by atoms with E-state index in [9.17, 15) is 22.0 Å². The Morgan fingerprint density at radius 2 is 1.67 bits per heavy atom. The molecule has 0 unspecified atom stereocenters. The van der Waals surface area contributed by atoms with Crippen molar-refractivity contribution in [1.29, 1.82) is 0 Å². The van der Waals surface area contributed by atoms with Gasteiger partial charge in [0, 0.05) is 48.8 Å². The number of nitrogens with zero attached hydrogens (tertiary/aromatic N) is 2. The fourth-order valence-electron chi connectivity index (χ4n) is 3.61. The third-order valence-corrected chi connectivity index (χ3v) is 5.22. The van der Waals surface area contributed by atoms with E-state index < -0.39 is 17.7 Å². The molecule has 3 nitrogen and oxygen atoms in total. The molecule has 8 heteroatoms. The summed E-state index contributed by atoms with van der Waals surface area (Å²) in [7, 11) is 0. The third kappa shape index (κ3) is 3.91.